The maximum Gasteiger partial charge on any atom is 0.325 e. The third-order valence-electron chi connectivity index (χ3n) is 5.64. The molecular formula is C21H25N3O2S. The van der Waals surface area contributed by atoms with E-state index in [1.54, 1.807) is 0 Å². The Hall–Kier alpha value is -2.18. The highest BCUT2D eigenvalue weighted by Crippen LogP contribution is 2.48. The Bertz CT molecular complexity index is 872. The molecule has 1 aromatic carbocycles. The van der Waals surface area contributed by atoms with E-state index < -0.39 is 6.03 Å². The summed E-state index contributed by atoms with van der Waals surface area (Å²) in [6.07, 6.45) is 3.44. The van der Waals surface area contributed by atoms with Gasteiger partial charge < -0.3 is 5.32 Å². The van der Waals surface area contributed by atoms with Crippen LogP contribution in [-0.2, 0) is 11.2 Å². The molecule has 2 N–H and O–H groups in total. The Kier molecular flexibility index (Phi) is 5.02. The molecule has 1 unspecified atom stereocenters. The van der Waals surface area contributed by atoms with Crippen LogP contribution >= 0.6 is 11.3 Å². The number of nitrogens with one attached hydrogen (secondary N) is 2. The second kappa shape index (κ2) is 7.44. The lowest BCUT2D eigenvalue weighted by Gasteiger charge is -2.35. The molecule has 2 heterocycles. The smallest absolute Gasteiger partial charge is 0.307 e. The van der Waals surface area contributed by atoms with E-state index in [4.69, 9.17) is 0 Å². The van der Waals surface area contributed by atoms with Gasteiger partial charge in [0.15, 0.2) is 0 Å². The van der Waals surface area contributed by atoms with Crippen molar-refractivity contribution in [2.75, 3.05) is 18.4 Å². The summed E-state index contributed by atoms with van der Waals surface area (Å²) in [5, 5.41) is 7.44. The number of aryl methyl sites for hydroxylation is 1. The lowest BCUT2D eigenvalue weighted by atomic mass is 9.96. The number of nitrogens with zero attached hydrogens (tertiary/aromatic N) is 1. The molecule has 1 aliphatic carbocycles. The summed E-state index contributed by atoms with van der Waals surface area (Å²) < 4.78 is 0. The molecule has 0 radical (unpaired) electrons. The van der Waals surface area contributed by atoms with Gasteiger partial charge in [0, 0.05) is 23.2 Å². The summed E-state index contributed by atoms with van der Waals surface area (Å²) in [5.74, 6) is 0.400. The molecule has 0 saturated heterocycles. The molecular weight excluding hydrogens is 358 g/mol. The summed E-state index contributed by atoms with van der Waals surface area (Å²) >= 11 is 1.82. The Morgan fingerprint density at radius 1 is 1.22 bits per heavy atom. The zero-order valence-corrected chi connectivity index (χ0v) is 16.6. The van der Waals surface area contributed by atoms with Crippen LogP contribution in [0.15, 0.2) is 29.6 Å². The summed E-state index contributed by atoms with van der Waals surface area (Å²) in [5.41, 5.74) is 4.24. The number of imide groups is 1. The van der Waals surface area contributed by atoms with Crippen LogP contribution in [0.2, 0.25) is 0 Å². The molecule has 0 spiro atoms. The van der Waals surface area contributed by atoms with Gasteiger partial charge in [-0.25, -0.2) is 4.79 Å². The molecule has 1 fully saturated rings. The van der Waals surface area contributed by atoms with E-state index in [1.165, 1.54) is 23.3 Å². The SMILES string of the molecule is Cc1cccc(NC(=O)NC(=O)CN2CCc3sccc3C2C2CC2)c1C. The average Bonchev–Trinajstić information content (AvgIpc) is 3.34. The van der Waals surface area contributed by atoms with E-state index in [1.807, 2.05) is 43.4 Å². The molecule has 5 nitrogen and oxygen atoms in total. The number of carbonyl (C=O) groups is 2. The van der Waals surface area contributed by atoms with Crippen molar-refractivity contribution in [3.05, 3.63) is 51.2 Å². The summed E-state index contributed by atoms with van der Waals surface area (Å²) in [4.78, 5) is 28.4. The lowest BCUT2D eigenvalue weighted by Crippen LogP contribution is -2.45. The molecule has 27 heavy (non-hydrogen) atoms. The first kappa shape index (κ1) is 18.2. The summed E-state index contributed by atoms with van der Waals surface area (Å²) in [6, 6.07) is 7.80. The lowest BCUT2D eigenvalue weighted by molar-refractivity contribution is -0.121. The van der Waals surface area contributed by atoms with E-state index in [2.05, 4.69) is 27.0 Å². The number of thiophene rings is 1. The number of amides is 3. The van der Waals surface area contributed by atoms with Crippen LogP contribution in [0.1, 0.15) is 40.5 Å². The Morgan fingerprint density at radius 2 is 2.04 bits per heavy atom. The highest BCUT2D eigenvalue weighted by atomic mass is 32.1. The van der Waals surface area contributed by atoms with Gasteiger partial charge in [0.1, 0.15) is 0 Å². The zero-order chi connectivity index (χ0) is 19.0. The minimum absolute atomic E-state index is 0.248. The number of anilines is 1. The summed E-state index contributed by atoms with van der Waals surface area (Å²) in [7, 11) is 0. The van der Waals surface area contributed by atoms with E-state index in [0.717, 1.165) is 29.8 Å². The van der Waals surface area contributed by atoms with Crippen molar-refractivity contribution in [1.29, 1.82) is 0 Å². The van der Waals surface area contributed by atoms with Crippen LogP contribution in [0.3, 0.4) is 0 Å². The number of hydrogen-bond donors (Lipinski definition) is 2. The van der Waals surface area contributed by atoms with E-state index in [9.17, 15) is 9.59 Å². The van der Waals surface area contributed by atoms with Gasteiger partial charge in [-0.3, -0.25) is 15.0 Å². The molecule has 1 saturated carbocycles. The molecule has 6 heteroatoms. The number of carbonyl (C=O) groups excluding carboxylic acids is 2. The fraction of sp³-hybridized carbons (Fsp3) is 0.429. The molecule has 1 atom stereocenters. The molecule has 1 aliphatic heterocycles. The van der Waals surface area contributed by atoms with Crippen molar-refractivity contribution >= 4 is 29.0 Å². The van der Waals surface area contributed by atoms with E-state index in [-0.39, 0.29) is 12.5 Å². The predicted octanol–water partition coefficient (Wildman–Crippen LogP) is 4.02. The third kappa shape index (κ3) is 3.92. The standard InChI is InChI=1S/C21H25N3O2S/c1-13-4-3-5-17(14(13)2)22-21(26)23-19(25)12-24-10-8-18-16(9-11-27-18)20(24)15-6-7-15/h3-5,9,11,15,20H,6-8,10,12H2,1-2H3,(H2,22,23,25,26). The fourth-order valence-electron chi connectivity index (χ4n) is 3.93. The van der Waals surface area contributed by atoms with Crippen molar-refractivity contribution in [1.82, 2.24) is 10.2 Å². The largest absolute Gasteiger partial charge is 0.325 e. The quantitative estimate of drug-likeness (QED) is 0.838. The van der Waals surface area contributed by atoms with Crippen molar-refractivity contribution in [2.24, 2.45) is 5.92 Å². The molecule has 1 aromatic heterocycles. The first-order valence-electron chi connectivity index (χ1n) is 9.50. The van der Waals surface area contributed by atoms with Crippen molar-refractivity contribution < 1.29 is 9.59 Å². The van der Waals surface area contributed by atoms with Crippen molar-refractivity contribution in [3.63, 3.8) is 0 Å². The normalized spacial score (nSPS) is 19.4. The Balaban J connectivity index is 1.38. The maximum absolute atomic E-state index is 12.5. The van der Waals surface area contributed by atoms with Gasteiger partial charge in [-0.15, -0.1) is 11.3 Å². The van der Waals surface area contributed by atoms with Gasteiger partial charge in [0.05, 0.1) is 6.54 Å². The average molecular weight is 384 g/mol. The topological polar surface area (TPSA) is 61.4 Å². The van der Waals surface area contributed by atoms with Gasteiger partial charge in [0.25, 0.3) is 0 Å². The number of fused-ring (bicyclic) bond motifs is 1. The van der Waals surface area contributed by atoms with Gasteiger partial charge in [-0.2, -0.15) is 0 Å². The Labute approximate surface area is 163 Å². The van der Waals surface area contributed by atoms with Gasteiger partial charge in [0.2, 0.25) is 5.91 Å². The maximum atomic E-state index is 12.5. The van der Waals surface area contributed by atoms with Crippen LogP contribution in [0.4, 0.5) is 10.5 Å². The van der Waals surface area contributed by atoms with Gasteiger partial charge >= 0.3 is 6.03 Å². The number of rotatable bonds is 4. The van der Waals surface area contributed by atoms with Gasteiger partial charge in [-0.05, 0) is 73.2 Å². The number of urea groups is 1. The fourth-order valence-corrected chi connectivity index (χ4v) is 4.84. The van der Waals surface area contributed by atoms with Crippen LogP contribution in [0, 0.1) is 19.8 Å². The second-order valence-electron chi connectivity index (χ2n) is 7.55. The molecule has 142 valence electrons. The van der Waals surface area contributed by atoms with Crippen LogP contribution in [0.5, 0.6) is 0 Å². The number of hydrogen-bond acceptors (Lipinski definition) is 4. The van der Waals surface area contributed by atoms with Crippen LogP contribution in [0.25, 0.3) is 0 Å². The molecule has 2 aliphatic rings. The first-order chi connectivity index (χ1) is 13.0. The minimum atomic E-state index is -0.468. The highest BCUT2D eigenvalue weighted by molar-refractivity contribution is 7.10. The minimum Gasteiger partial charge on any atom is -0.307 e. The molecule has 2 aromatic rings. The second-order valence-corrected chi connectivity index (χ2v) is 8.55. The number of benzene rings is 1. The third-order valence-corrected chi connectivity index (χ3v) is 6.64. The van der Waals surface area contributed by atoms with Gasteiger partial charge in [-0.1, -0.05) is 12.1 Å². The summed E-state index contributed by atoms with van der Waals surface area (Å²) in [6.45, 7) is 5.09. The predicted molar refractivity (Wildman–Crippen MR) is 108 cm³/mol. The zero-order valence-electron chi connectivity index (χ0n) is 15.7. The van der Waals surface area contributed by atoms with E-state index >= 15 is 0 Å². The molecule has 3 amide bonds. The Morgan fingerprint density at radius 3 is 2.81 bits per heavy atom. The molecule has 0 bridgehead atoms. The van der Waals surface area contributed by atoms with Crippen molar-refractivity contribution in [3.8, 4) is 0 Å². The monoisotopic (exact) mass is 383 g/mol. The van der Waals surface area contributed by atoms with Crippen LogP contribution < -0.4 is 10.6 Å². The van der Waals surface area contributed by atoms with Crippen molar-refractivity contribution in [2.45, 2.75) is 39.2 Å². The van der Waals surface area contributed by atoms with E-state index in [0.29, 0.717) is 12.0 Å². The first-order valence-corrected chi connectivity index (χ1v) is 10.4. The van der Waals surface area contributed by atoms with Crippen LogP contribution in [-0.4, -0.2) is 29.9 Å². The molecule has 4 rings (SSSR count). The highest BCUT2D eigenvalue weighted by Gasteiger charge is 2.40.